The third-order valence-corrected chi connectivity index (χ3v) is 7.05. The van der Waals surface area contributed by atoms with Crippen molar-refractivity contribution in [1.29, 1.82) is 0 Å². The first-order chi connectivity index (χ1) is 13.4. The number of nitrogens with zero attached hydrogens (tertiary/aromatic N) is 2. The molecule has 0 amide bonds. The van der Waals surface area contributed by atoms with Gasteiger partial charge in [-0.2, -0.15) is 0 Å². The van der Waals surface area contributed by atoms with Crippen LogP contribution in [0, 0.1) is 0 Å². The molecule has 7 nitrogen and oxygen atoms in total. The molecule has 3 rings (SSSR count). The molecule has 0 aliphatic carbocycles. The molecule has 2 heterocycles. The maximum atomic E-state index is 13.3. The summed E-state index contributed by atoms with van der Waals surface area (Å²) in [5, 5.41) is 3.05. The summed E-state index contributed by atoms with van der Waals surface area (Å²) in [5.41, 5.74) is 0.346. The quantitative estimate of drug-likeness (QED) is 0.687. The van der Waals surface area contributed by atoms with Gasteiger partial charge in [-0.05, 0) is 37.2 Å². The number of thioether (sulfide) groups is 1. The Morgan fingerprint density at radius 2 is 1.96 bits per heavy atom. The van der Waals surface area contributed by atoms with E-state index < -0.39 is 10.0 Å². The number of benzene rings is 1. The Hall–Kier alpha value is -2.23. The summed E-state index contributed by atoms with van der Waals surface area (Å²) in [6, 6.07) is 11.1. The Morgan fingerprint density at radius 1 is 1.21 bits per heavy atom. The van der Waals surface area contributed by atoms with E-state index in [1.54, 1.807) is 42.5 Å². The van der Waals surface area contributed by atoms with Gasteiger partial charge < -0.3 is 5.32 Å². The van der Waals surface area contributed by atoms with Gasteiger partial charge in [-0.3, -0.25) is 9.59 Å². The fraction of sp³-hybridized carbons (Fsp3) is 0.316. The van der Waals surface area contributed by atoms with E-state index in [1.807, 2.05) is 0 Å². The van der Waals surface area contributed by atoms with Crippen LogP contribution in [0.2, 0.25) is 0 Å². The molecule has 148 valence electrons. The standard InChI is InChI=1S/C19H21N3O4S2/c1-14(23)27-13-18(24)15-7-8-19(21-11-15)22(16-9-10-20-12-16)28(25,26)17-5-3-2-4-6-17/h2-8,11,16,20H,9-10,12-13H2,1H3. The van der Waals surface area contributed by atoms with E-state index >= 15 is 0 Å². The monoisotopic (exact) mass is 419 g/mol. The van der Waals surface area contributed by atoms with Gasteiger partial charge in [0.2, 0.25) is 0 Å². The minimum atomic E-state index is -3.79. The molecule has 28 heavy (non-hydrogen) atoms. The second-order valence-corrected chi connectivity index (χ2v) is 9.34. The van der Waals surface area contributed by atoms with Crippen LogP contribution in [0.5, 0.6) is 0 Å². The Labute approximate surface area is 168 Å². The van der Waals surface area contributed by atoms with E-state index in [0.29, 0.717) is 18.5 Å². The van der Waals surface area contributed by atoms with Crippen molar-refractivity contribution in [1.82, 2.24) is 10.3 Å². The van der Waals surface area contributed by atoms with Crippen LogP contribution in [0.3, 0.4) is 0 Å². The van der Waals surface area contributed by atoms with Gasteiger partial charge in [-0.15, -0.1) is 0 Å². The van der Waals surface area contributed by atoms with Crippen molar-refractivity contribution in [2.45, 2.75) is 24.3 Å². The summed E-state index contributed by atoms with van der Waals surface area (Å²) < 4.78 is 27.9. The Balaban J connectivity index is 1.91. The molecule has 1 N–H and O–H groups in total. The number of aromatic nitrogens is 1. The smallest absolute Gasteiger partial charge is 0.265 e. The third kappa shape index (κ3) is 4.60. The molecule has 1 atom stereocenters. The molecule has 1 aromatic heterocycles. The number of hydrogen-bond acceptors (Lipinski definition) is 7. The number of nitrogens with one attached hydrogen (secondary N) is 1. The topological polar surface area (TPSA) is 96.4 Å². The highest BCUT2D eigenvalue weighted by molar-refractivity contribution is 8.14. The maximum Gasteiger partial charge on any atom is 0.265 e. The molecule has 0 spiro atoms. The minimum absolute atomic E-state index is 0.0366. The molecule has 0 radical (unpaired) electrons. The van der Waals surface area contributed by atoms with E-state index in [-0.39, 0.29) is 33.4 Å². The van der Waals surface area contributed by atoms with E-state index in [9.17, 15) is 18.0 Å². The van der Waals surface area contributed by atoms with Crippen LogP contribution >= 0.6 is 11.8 Å². The van der Waals surface area contributed by atoms with Crippen LogP contribution in [0.15, 0.2) is 53.6 Å². The van der Waals surface area contributed by atoms with Gasteiger partial charge in [-0.25, -0.2) is 17.7 Å². The second kappa shape index (κ2) is 8.85. The number of Topliss-reactive ketones (excluding diaryl/α,β-unsaturated/α-hetero) is 1. The first kappa shape index (κ1) is 20.5. The van der Waals surface area contributed by atoms with Crippen LogP contribution in [0.1, 0.15) is 23.7 Å². The fourth-order valence-corrected chi connectivity index (χ4v) is 5.14. The average molecular weight is 420 g/mol. The van der Waals surface area contributed by atoms with E-state index in [4.69, 9.17) is 0 Å². The molecule has 2 aromatic rings. The average Bonchev–Trinajstić information content (AvgIpc) is 3.21. The fourth-order valence-electron chi connectivity index (χ4n) is 2.98. The van der Waals surface area contributed by atoms with Crippen LogP contribution in [0.4, 0.5) is 5.82 Å². The number of anilines is 1. The number of carbonyl (C=O) groups excluding carboxylic acids is 2. The van der Waals surface area contributed by atoms with Crippen molar-refractivity contribution in [2.75, 3.05) is 23.1 Å². The molecular formula is C19H21N3O4S2. The highest BCUT2D eigenvalue weighted by Crippen LogP contribution is 2.27. The van der Waals surface area contributed by atoms with Gasteiger partial charge in [-0.1, -0.05) is 30.0 Å². The van der Waals surface area contributed by atoms with Gasteiger partial charge in [0.05, 0.1) is 16.7 Å². The van der Waals surface area contributed by atoms with E-state index in [0.717, 1.165) is 18.3 Å². The lowest BCUT2D eigenvalue weighted by Gasteiger charge is -2.29. The second-order valence-electron chi connectivity index (χ2n) is 6.37. The van der Waals surface area contributed by atoms with Crippen molar-refractivity contribution in [2.24, 2.45) is 0 Å². The van der Waals surface area contributed by atoms with Crippen LogP contribution in [0.25, 0.3) is 0 Å². The molecule has 9 heteroatoms. The normalized spacial score (nSPS) is 16.7. The first-order valence-electron chi connectivity index (χ1n) is 8.82. The number of carbonyl (C=O) groups is 2. The summed E-state index contributed by atoms with van der Waals surface area (Å²) in [5.74, 6) is 0.0853. The predicted molar refractivity (Wildman–Crippen MR) is 109 cm³/mol. The van der Waals surface area contributed by atoms with E-state index in [1.165, 1.54) is 17.4 Å². The van der Waals surface area contributed by atoms with Gasteiger partial charge in [0.25, 0.3) is 10.0 Å². The molecule has 1 aliphatic heterocycles. The van der Waals surface area contributed by atoms with Crippen molar-refractivity contribution in [3.8, 4) is 0 Å². The number of sulfonamides is 1. The molecule has 0 bridgehead atoms. The van der Waals surface area contributed by atoms with Crippen LogP contribution < -0.4 is 9.62 Å². The number of pyridine rings is 1. The van der Waals surface area contributed by atoms with Gasteiger partial charge in [0, 0.05) is 25.2 Å². The molecule has 1 unspecified atom stereocenters. The van der Waals surface area contributed by atoms with Crippen molar-refractivity contribution < 1.29 is 18.0 Å². The highest BCUT2D eigenvalue weighted by Gasteiger charge is 2.34. The highest BCUT2D eigenvalue weighted by atomic mass is 32.2. The summed E-state index contributed by atoms with van der Waals surface area (Å²) in [7, 11) is -3.79. The van der Waals surface area contributed by atoms with Crippen molar-refractivity contribution in [3.63, 3.8) is 0 Å². The summed E-state index contributed by atoms with van der Waals surface area (Å²) >= 11 is 0.936. The van der Waals surface area contributed by atoms with Gasteiger partial charge in [0.1, 0.15) is 5.82 Å². The largest absolute Gasteiger partial charge is 0.315 e. The minimum Gasteiger partial charge on any atom is -0.315 e. The zero-order valence-corrected chi connectivity index (χ0v) is 17.0. The van der Waals surface area contributed by atoms with Crippen molar-refractivity contribution in [3.05, 3.63) is 54.2 Å². The zero-order chi connectivity index (χ0) is 20.1. The lowest BCUT2D eigenvalue weighted by molar-refractivity contribution is -0.109. The molecule has 1 aliphatic rings. The maximum absolute atomic E-state index is 13.3. The van der Waals surface area contributed by atoms with Gasteiger partial charge >= 0.3 is 0 Å². The molecule has 1 aromatic carbocycles. The van der Waals surface area contributed by atoms with Gasteiger partial charge in [0.15, 0.2) is 10.9 Å². The first-order valence-corrected chi connectivity index (χ1v) is 11.2. The molecule has 1 fully saturated rings. The molecule has 1 saturated heterocycles. The third-order valence-electron chi connectivity index (χ3n) is 4.37. The molecule has 0 saturated carbocycles. The van der Waals surface area contributed by atoms with Crippen molar-refractivity contribution >= 4 is 38.5 Å². The summed E-state index contributed by atoms with van der Waals surface area (Å²) in [4.78, 5) is 27.6. The number of hydrogen-bond donors (Lipinski definition) is 1. The zero-order valence-electron chi connectivity index (χ0n) is 15.4. The summed E-state index contributed by atoms with van der Waals surface area (Å²) in [6.07, 6.45) is 2.04. The molecular weight excluding hydrogens is 398 g/mol. The van der Waals surface area contributed by atoms with E-state index in [2.05, 4.69) is 10.3 Å². The van der Waals surface area contributed by atoms with Crippen LogP contribution in [-0.4, -0.2) is 49.2 Å². The lowest BCUT2D eigenvalue weighted by atomic mass is 10.2. The lowest BCUT2D eigenvalue weighted by Crippen LogP contribution is -2.42. The van der Waals surface area contributed by atoms with Crippen LogP contribution in [-0.2, 0) is 14.8 Å². The summed E-state index contributed by atoms with van der Waals surface area (Å²) in [6.45, 7) is 2.66. The Kier molecular flexibility index (Phi) is 6.48. The predicted octanol–water partition coefficient (Wildman–Crippen LogP) is 2.10. The number of ketones is 1. The Morgan fingerprint density at radius 3 is 2.54 bits per heavy atom. The Bertz CT molecular complexity index is 941. The number of rotatable bonds is 7. The SMILES string of the molecule is CC(=O)SCC(=O)c1ccc(N(C2CCNC2)S(=O)(=O)c2ccccc2)nc1.